The molecule has 0 atom stereocenters. The van der Waals surface area contributed by atoms with Crippen LogP contribution >= 0.6 is 0 Å². The Morgan fingerprint density at radius 3 is 2.61 bits per heavy atom. The van der Waals surface area contributed by atoms with E-state index in [-0.39, 0.29) is 28.2 Å². The molecule has 2 heterocycles. The molecule has 0 saturated carbocycles. The molecule has 0 fully saturated rings. The number of para-hydroxylation sites is 1. The number of aromatic nitrogens is 1. The van der Waals surface area contributed by atoms with Crippen molar-refractivity contribution in [1.82, 2.24) is 9.88 Å². The summed E-state index contributed by atoms with van der Waals surface area (Å²) in [5, 5.41) is 4.88. The summed E-state index contributed by atoms with van der Waals surface area (Å²) in [6.45, 7) is 2.34. The van der Waals surface area contributed by atoms with Crippen molar-refractivity contribution in [2.75, 3.05) is 17.7 Å². The first-order valence-electron chi connectivity index (χ1n) is 9.45. The quantitative estimate of drug-likeness (QED) is 0.543. The van der Waals surface area contributed by atoms with Crippen molar-refractivity contribution < 1.29 is 19.1 Å². The molecule has 0 spiro atoms. The molecule has 31 heavy (non-hydrogen) atoms. The van der Waals surface area contributed by atoms with E-state index in [9.17, 15) is 19.2 Å². The number of rotatable bonds is 5. The number of hydrogen-bond donors (Lipinski definition) is 3. The normalized spacial score (nSPS) is 12.3. The number of hydrogen-bond acceptors (Lipinski definition) is 6. The van der Waals surface area contributed by atoms with Gasteiger partial charge in [-0.15, -0.1) is 0 Å². The molecule has 9 nitrogen and oxygen atoms in total. The lowest BCUT2D eigenvalue weighted by Gasteiger charge is -2.16. The van der Waals surface area contributed by atoms with Crippen molar-refractivity contribution in [3.05, 3.63) is 81.6 Å². The molecule has 3 aromatic rings. The highest BCUT2D eigenvalue weighted by Gasteiger charge is 2.32. The summed E-state index contributed by atoms with van der Waals surface area (Å²) >= 11 is 0. The van der Waals surface area contributed by atoms with Gasteiger partial charge in [0.05, 0.1) is 29.0 Å². The molecule has 2 aromatic carbocycles. The zero-order valence-electron chi connectivity index (χ0n) is 16.5. The molecule has 0 radical (unpaired) electrons. The van der Waals surface area contributed by atoms with Crippen molar-refractivity contribution in [2.24, 2.45) is 0 Å². The summed E-state index contributed by atoms with van der Waals surface area (Å²) in [6, 6.07) is 14.3. The maximum Gasteiger partial charge on any atom is 0.262 e. The number of carbonyl (C=O) groups excluding carboxylic acids is 3. The monoisotopic (exact) mass is 418 g/mol. The molecular formula is C22H18N4O5. The second-order valence-electron chi connectivity index (χ2n) is 6.71. The van der Waals surface area contributed by atoms with Crippen LogP contribution in [0.2, 0.25) is 0 Å². The molecule has 0 aliphatic carbocycles. The van der Waals surface area contributed by atoms with E-state index < -0.39 is 23.3 Å². The van der Waals surface area contributed by atoms with Gasteiger partial charge in [-0.05, 0) is 31.2 Å². The van der Waals surface area contributed by atoms with E-state index in [4.69, 9.17) is 10.5 Å². The van der Waals surface area contributed by atoms with Crippen LogP contribution in [0.4, 0.5) is 11.5 Å². The SMILES string of the molecule is CCOc1cccc(NC(=O)c2ccccc2-n2c(N)c3c(cc2=O)C(=O)NC3=O)c1. The molecule has 4 N–H and O–H groups in total. The van der Waals surface area contributed by atoms with E-state index in [1.807, 2.05) is 6.92 Å². The average molecular weight is 418 g/mol. The highest BCUT2D eigenvalue weighted by atomic mass is 16.5. The number of amides is 3. The number of fused-ring (bicyclic) bond motifs is 1. The summed E-state index contributed by atoms with van der Waals surface area (Å²) in [5.74, 6) is -1.48. The van der Waals surface area contributed by atoms with Gasteiger partial charge in [0.2, 0.25) is 0 Å². The van der Waals surface area contributed by atoms with Crippen molar-refractivity contribution >= 4 is 29.2 Å². The summed E-state index contributed by atoms with van der Waals surface area (Å²) in [6.07, 6.45) is 0. The fourth-order valence-corrected chi connectivity index (χ4v) is 3.42. The molecule has 1 aromatic heterocycles. The number of nitrogens with one attached hydrogen (secondary N) is 2. The Morgan fingerprint density at radius 2 is 1.84 bits per heavy atom. The van der Waals surface area contributed by atoms with Crippen molar-refractivity contribution in [3.8, 4) is 11.4 Å². The zero-order chi connectivity index (χ0) is 22.1. The number of carbonyl (C=O) groups is 3. The third kappa shape index (κ3) is 3.52. The number of nitrogens with zero attached hydrogens (tertiary/aromatic N) is 1. The summed E-state index contributed by atoms with van der Waals surface area (Å²) < 4.78 is 6.49. The van der Waals surface area contributed by atoms with E-state index >= 15 is 0 Å². The first-order valence-corrected chi connectivity index (χ1v) is 9.45. The zero-order valence-corrected chi connectivity index (χ0v) is 16.5. The molecule has 1 aliphatic rings. The predicted octanol–water partition coefficient (Wildman–Crippen LogP) is 1.95. The molecule has 1 aliphatic heterocycles. The first-order chi connectivity index (χ1) is 14.9. The van der Waals surface area contributed by atoms with Crippen LogP contribution in [0, 0.1) is 0 Å². The number of anilines is 2. The van der Waals surface area contributed by atoms with Gasteiger partial charge in [-0.2, -0.15) is 0 Å². The van der Waals surface area contributed by atoms with Crippen LogP contribution in [0.15, 0.2) is 59.4 Å². The first kappa shape index (κ1) is 19.9. The predicted molar refractivity (Wildman–Crippen MR) is 114 cm³/mol. The van der Waals surface area contributed by atoms with Gasteiger partial charge >= 0.3 is 0 Å². The van der Waals surface area contributed by atoms with Gasteiger partial charge < -0.3 is 15.8 Å². The van der Waals surface area contributed by atoms with Crippen molar-refractivity contribution in [2.45, 2.75) is 6.92 Å². The lowest BCUT2D eigenvalue weighted by atomic mass is 10.1. The standard InChI is InChI=1S/C22H18N4O5/c1-2-31-13-7-5-6-12(10-13)24-20(28)14-8-3-4-9-16(14)26-17(27)11-15-18(19(26)23)22(30)25-21(15)29/h3-11H,2,23H2,1H3,(H,24,28)(H,25,29,30). The van der Waals surface area contributed by atoms with E-state index in [1.165, 1.54) is 12.1 Å². The van der Waals surface area contributed by atoms with Crippen molar-refractivity contribution in [1.29, 1.82) is 0 Å². The molecule has 4 rings (SSSR count). The van der Waals surface area contributed by atoms with Crippen LogP contribution < -0.4 is 26.7 Å². The molecular weight excluding hydrogens is 400 g/mol. The maximum atomic E-state index is 13.0. The number of benzene rings is 2. The Morgan fingerprint density at radius 1 is 1.06 bits per heavy atom. The smallest absolute Gasteiger partial charge is 0.262 e. The van der Waals surface area contributed by atoms with Gasteiger partial charge in [0.25, 0.3) is 23.3 Å². The second-order valence-corrected chi connectivity index (χ2v) is 6.71. The molecule has 0 bridgehead atoms. The number of nitrogens with two attached hydrogens (primary N) is 1. The minimum absolute atomic E-state index is 0.0848. The average Bonchev–Trinajstić information content (AvgIpc) is 3.02. The van der Waals surface area contributed by atoms with E-state index in [0.29, 0.717) is 18.0 Å². The lowest BCUT2D eigenvalue weighted by Crippen LogP contribution is -2.26. The largest absolute Gasteiger partial charge is 0.494 e. The van der Waals surface area contributed by atoms with Gasteiger partial charge in [0, 0.05) is 17.8 Å². The fraction of sp³-hybridized carbons (Fsp3) is 0.0909. The molecule has 3 amide bonds. The summed E-state index contributed by atoms with van der Waals surface area (Å²) in [7, 11) is 0. The van der Waals surface area contributed by atoms with Crippen LogP contribution in [-0.4, -0.2) is 28.9 Å². The number of ether oxygens (including phenoxy) is 1. The topological polar surface area (TPSA) is 133 Å². The fourth-order valence-electron chi connectivity index (χ4n) is 3.42. The third-order valence-corrected chi connectivity index (χ3v) is 4.75. The van der Waals surface area contributed by atoms with Crippen LogP contribution in [0.25, 0.3) is 5.69 Å². The Labute approximate surface area is 176 Å². The van der Waals surface area contributed by atoms with Gasteiger partial charge in [-0.1, -0.05) is 18.2 Å². The molecule has 9 heteroatoms. The molecule has 156 valence electrons. The minimum Gasteiger partial charge on any atom is -0.494 e. The van der Waals surface area contributed by atoms with Crippen LogP contribution in [0.1, 0.15) is 38.0 Å². The van der Waals surface area contributed by atoms with Crippen LogP contribution in [0.3, 0.4) is 0 Å². The number of imide groups is 1. The Kier molecular flexibility index (Phi) is 5.00. The van der Waals surface area contributed by atoms with Gasteiger partial charge in [-0.25, -0.2) is 0 Å². The highest BCUT2D eigenvalue weighted by Crippen LogP contribution is 2.25. The summed E-state index contributed by atoms with van der Waals surface area (Å²) in [4.78, 5) is 49.7. The Balaban J connectivity index is 1.77. The highest BCUT2D eigenvalue weighted by molar-refractivity contribution is 6.23. The van der Waals surface area contributed by atoms with Gasteiger partial charge in [-0.3, -0.25) is 29.1 Å². The minimum atomic E-state index is -0.694. The van der Waals surface area contributed by atoms with Gasteiger partial charge in [0.15, 0.2) is 0 Å². The van der Waals surface area contributed by atoms with Crippen molar-refractivity contribution in [3.63, 3.8) is 0 Å². The van der Waals surface area contributed by atoms with E-state index in [1.54, 1.807) is 36.4 Å². The molecule has 0 saturated heterocycles. The third-order valence-electron chi connectivity index (χ3n) is 4.75. The van der Waals surface area contributed by atoms with E-state index in [0.717, 1.165) is 10.6 Å². The van der Waals surface area contributed by atoms with Crippen LogP contribution in [-0.2, 0) is 0 Å². The Bertz CT molecular complexity index is 1300. The number of pyridine rings is 1. The molecule has 0 unspecified atom stereocenters. The summed E-state index contributed by atoms with van der Waals surface area (Å²) in [5.41, 5.74) is 6.12. The second kappa shape index (κ2) is 7.79. The van der Waals surface area contributed by atoms with E-state index in [2.05, 4.69) is 10.6 Å². The van der Waals surface area contributed by atoms with Crippen LogP contribution in [0.5, 0.6) is 5.75 Å². The Hall–Kier alpha value is -4.40. The van der Waals surface area contributed by atoms with Gasteiger partial charge in [0.1, 0.15) is 11.6 Å². The maximum absolute atomic E-state index is 13.0. The lowest BCUT2D eigenvalue weighted by molar-refractivity contribution is 0.0879. The number of nitrogen functional groups attached to an aromatic ring is 1.